The van der Waals surface area contributed by atoms with Crippen molar-refractivity contribution in [3.63, 3.8) is 0 Å². The van der Waals surface area contributed by atoms with Gasteiger partial charge in [-0.2, -0.15) is 5.01 Å². The first kappa shape index (κ1) is 14.5. The Labute approximate surface area is 107 Å². The third-order valence-corrected chi connectivity index (χ3v) is 2.37. The topological polar surface area (TPSA) is 153 Å². The van der Waals surface area contributed by atoms with Gasteiger partial charge in [0.15, 0.2) is 0 Å². The molecule has 1 aromatic carbocycles. The number of benzene rings is 1. The largest absolute Gasteiger partial charge is 0.396 e. The Morgan fingerprint density at radius 3 is 2.53 bits per heavy atom. The molecule has 0 aromatic heterocycles. The highest BCUT2D eigenvalue weighted by Crippen LogP contribution is 2.21. The number of nitrogens with zero attached hydrogens (tertiary/aromatic N) is 2. The van der Waals surface area contributed by atoms with Crippen LogP contribution in [0.4, 0.5) is 10.5 Å². The zero-order valence-electron chi connectivity index (χ0n) is 9.78. The molecule has 5 N–H and O–H groups in total. The van der Waals surface area contributed by atoms with Gasteiger partial charge in [-0.1, -0.05) is 6.07 Å². The lowest BCUT2D eigenvalue weighted by Crippen LogP contribution is -2.45. The summed E-state index contributed by atoms with van der Waals surface area (Å²) in [4.78, 5) is 32.6. The van der Waals surface area contributed by atoms with Gasteiger partial charge in [-0.25, -0.2) is 10.6 Å². The second-order valence-electron chi connectivity index (χ2n) is 3.59. The van der Waals surface area contributed by atoms with Crippen molar-refractivity contribution < 1.29 is 19.6 Å². The fourth-order valence-corrected chi connectivity index (χ4v) is 1.44. The molecule has 0 bridgehead atoms. The van der Waals surface area contributed by atoms with E-state index in [2.05, 4.69) is 0 Å². The number of carbonyl (C=O) groups excluding carboxylic acids is 2. The number of hydrogen-bond donors (Lipinski definition) is 3. The van der Waals surface area contributed by atoms with Crippen molar-refractivity contribution in [3.05, 3.63) is 39.4 Å². The number of primary amides is 1. The number of hydrogen-bond acceptors (Lipinski definition) is 6. The summed E-state index contributed by atoms with van der Waals surface area (Å²) in [6.45, 7) is -0.265. The van der Waals surface area contributed by atoms with Crippen LogP contribution >= 0.6 is 0 Å². The minimum atomic E-state index is -1.17. The quantitative estimate of drug-likeness (QED) is 0.290. The second kappa shape index (κ2) is 5.89. The molecule has 1 rings (SSSR count). The first-order valence-electron chi connectivity index (χ1n) is 5.15. The number of imide groups is 1. The van der Waals surface area contributed by atoms with E-state index >= 15 is 0 Å². The van der Waals surface area contributed by atoms with Gasteiger partial charge in [0.05, 0.1) is 4.92 Å². The summed E-state index contributed by atoms with van der Waals surface area (Å²) in [6.07, 6.45) is 0.0763. The van der Waals surface area contributed by atoms with Crippen molar-refractivity contribution in [3.8, 4) is 0 Å². The van der Waals surface area contributed by atoms with E-state index in [1.807, 2.05) is 0 Å². The van der Waals surface area contributed by atoms with Crippen LogP contribution in [0.2, 0.25) is 0 Å². The van der Waals surface area contributed by atoms with E-state index in [0.717, 1.165) is 6.07 Å². The molecule has 3 amide bonds. The number of aliphatic hydroxyl groups is 1. The van der Waals surface area contributed by atoms with Crippen LogP contribution in [0.15, 0.2) is 18.2 Å². The van der Waals surface area contributed by atoms with Crippen molar-refractivity contribution in [1.29, 1.82) is 0 Å². The van der Waals surface area contributed by atoms with E-state index in [9.17, 15) is 19.7 Å². The van der Waals surface area contributed by atoms with Crippen LogP contribution in [0.3, 0.4) is 0 Å². The SMILES string of the molecule is NC(=O)N(N)C(=O)c1ccc(CCO)c([N+](=O)[O-])c1. The maximum Gasteiger partial charge on any atom is 0.336 e. The molecule has 0 saturated carbocycles. The molecule has 0 saturated heterocycles. The van der Waals surface area contributed by atoms with E-state index in [-0.39, 0.29) is 34.9 Å². The Bertz CT molecular complexity index is 531. The average molecular weight is 268 g/mol. The van der Waals surface area contributed by atoms with Gasteiger partial charge >= 0.3 is 6.03 Å². The molecule has 0 aliphatic heterocycles. The van der Waals surface area contributed by atoms with Crippen molar-refractivity contribution in [2.45, 2.75) is 6.42 Å². The predicted molar refractivity (Wildman–Crippen MR) is 63.8 cm³/mol. The summed E-state index contributed by atoms with van der Waals surface area (Å²) in [5.74, 6) is 4.16. The van der Waals surface area contributed by atoms with Crippen LogP contribution in [0.1, 0.15) is 15.9 Å². The molecule has 0 aliphatic rings. The molecule has 0 unspecified atom stereocenters. The Kier molecular flexibility index (Phi) is 4.51. The van der Waals surface area contributed by atoms with E-state index in [1.165, 1.54) is 12.1 Å². The fraction of sp³-hybridized carbons (Fsp3) is 0.200. The molecule has 0 spiro atoms. The van der Waals surface area contributed by atoms with Crippen molar-refractivity contribution in [2.75, 3.05) is 6.61 Å². The van der Waals surface area contributed by atoms with Gasteiger partial charge in [-0.15, -0.1) is 0 Å². The zero-order valence-corrected chi connectivity index (χ0v) is 9.78. The first-order valence-corrected chi connectivity index (χ1v) is 5.15. The molecule has 0 radical (unpaired) electrons. The zero-order chi connectivity index (χ0) is 14.6. The van der Waals surface area contributed by atoms with Crippen LogP contribution in [-0.4, -0.2) is 33.6 Å². The van der Waals surface area contributed by atoms with E-state index in [0.29, 0.717) is 0 Å². The van der Waals surface area contributed by atoms with Crippen LogP contribution in [0, 0.1) is 10.1 Å². The molecule has 1 aromatic rings. The van der Waals surface area contributed by atoms with Gasteiger partial charge < -0.3 is 10.8 Å². The van der Waals surface area contributed by atoms with Gasteiger partial charge in [0.25, 0.3) is 11.6 Å². The van der Waals surface area contributed by atoms with E-state index in [4.69, 9.17) is 16.7 Å². The van der Waals surface area contributed by atoms with E-state index in [1.54, 1.807) is 0 Å². The molecule has 0 heterocycles. The lowest BCUT2D eigenvalue weighted by molar-refractivity contribution is -0.385. The fourth-order valence-electron chi connectivity index (χ4n) is 1.44. The highest BCUT2D eigenvalue weighted by molar-refractivity contribution is 6.03. The number of rotatable bonds is 4. The Hall–Kier alpha value is -2.52. The standard InChI is InChI=1S/C10H12N4O5/c11-10(17)13(12)9(16)7-2-1-6(3-4-15)8(5-7)14(18)19/h1-2,5,15H,3-4,12H2,(H2,11,17). The Morgan fingerprint density at radius 1 is 1.42 bits per heavy atom. The Morgan fingerprint density at radius 2 is 2.05 bits per heavy atom. The lowest BCUT2D eigenvalue weighted by Gasteiger charge is -2.11. The number of nitro benzene ring substituents is 1. The summed E-state index contributed by atoms with van der Waals surface area (Å²) in [6, 6.07) is 2.39. The van der Waals surface area contributed by atoms with Crippen LogP contribution in [0.25, 0.3) is 0 Å². The third-order valence-electron chi connectivity index (χ3n) is 2.37. The van der Waals surface area contributed by atoms with Gasteiger partial charge in [0.2, 0.25) is 0 Å². The number of hydrazine groups is 1. The van der Waals surface area contributed by atoms with Crippen molar-refractivity contribution in [2.24, 2.45) is 11.6 Å². The molecule has 19 heavy (non-hydrogen) atoms. The smallest absolute Gasteiger partial charge is 0.336 e. The Balaban J connectivity index is 3.18. The highest BCUT2D eigenvalue weighted by Gasteiger charge is 2.21. The molecule has 0 fully saturated rings. The molecule has 9 heteroatoms. The molecular formula is C10H12N4O5. The summed E-state index contributed by atoms with van der Waals surface area (Å²) in [5, 5.41) is 19.8. The van der Waals surface area contributed by atoms with Gasteiger partial charge in [-0.05, 0) is 6.07 Å². The number of aliphatic hydroxyl groups excluding tert-OH is 1. The predicted octanol–water partition coefficient (Wildman–Crippen LogP) is -0.476. The third kappa shape index (κ3) is 3.24. The summed E-state index contributed by atoms with van der Waals surface area (Å²) in [7, 11) is 0. The molecule has 0 aliphatic carbocycles. The molecule has 9 nitrogen and oxygen atoms in total. The summed E-state index contributed by atoms with van der Waals surface area (Å²) < 4.78 is 0. The average Bonchev–Trinajstić information content (AvgIpc) is 2.37. The summed E-state index contributed by atoms with van der Waals surface area (Å²) in [5.41, 5.74) is 4.61. The molecule has 102 valence electrons. The summed E-state index contributed by atoms with van der Waals surface area (Å²) >= 11 is 0. The number of carbonyl (C=O) groups is 2. The first-order chi connectivity index (χ1) is 8.88. The van der Waals surface area contributed by atoms with Crippen LogP contribution in [0.5, 0.6) is 0 Å². The number of nitrogens with two attached hydrogens (primary N) is 2. The van der Waals surface area contributed by atoms with Gasteiger partial charge in [-0.3, -0.25) is 14.9 Å². The maximum atomic E-state index is 11.7. The minimum Gasteiger partial charge on any atom is -0.396 e. The normalized spacial score (nSPS) is 10.0. The van der Waals surface area contributed by atoms with Gasteiger partial charge in [0.1, 0.15) is 0 Å². The van der Waals surface area contributed by atoms with Gasteiger partial charge in [0, 0.05) is 30.2 Å². The second-order valence-corrected chi connectivity index (χ2v) is 3.59. The number of amides is 3. The monoisotopic (exact) mass is 268 g/mol. The van der Waals surface area contributed by atoms with Crippen LogP contribution < -0.4 is 11.6 Å². The highest BCUT2D eigenvalue weighted by atomic mass is 16.6. The maximum absolute atomic E-state index is 11.7. The van der Waals surface area contributed by atoms with Crippen molar-refractivity contribution >= 4 is 17.6 Å². The van der Waals surface area contributed by atoms with E-state index < -0.39 is 16.9 Å². The lowest BCUT2D eigenvalue weighted by atomic mass is 10.1. The number of nitro groups is 1. The minimum absolute atomic E-state index is 0.0763. The number of urea groups is 1. The van der Waals surface area contributed by atoms with Crippen LogP contribution in [-0.2, 0) is 6.42 Å². The molecular weight excluding hydrogens is 256 g/mol. The van der Waals surface area contributed by atoms with Crippen molar-refractivity contribution in [1.82, 2.24) is 5.01 Å². The molecule has 0 atom stereocenters.